The Morgan fingerprint density at radius 1 is 1.08 bits per heavy atom. The average Bonchev–Trinajstić information content (AvgIpc) is 3.08. The molecule has 1 aliphatic rings. The molecule has 0 aliphatic carbocycles. The number of benzene rings is 2. The van der Waals surface area contributed by atoms with Gasteiger partial charge in [0.2, 0.25) is 6.79 Å². The predicted octanol–water partition coefficient (Wildman–Crippen LogP) is 2.78. The number of ether oxygens (including phenoxy) is 3. The van der Waals surface area contributed by atoms with Crippen LogP contribution in [0.3, 0.4) is 0 Å². The van der Waals surface area contributed by atoms with E-state index in [1.165, 1.54) is 13.2 Å². The van der Waals surface area contributed by atoms with Crippen LogP contribution in [0.4, 0.5) is 5.69 Å². The van der Waals surface area contributed by atoms with Gasteiger partial charge < -0.3 is 23.9 Å². The van der Waals surface area contributed by atoms with E-state index in [4.69, 9.17) is 18.6 Å². The van der Waals surface area contributed by atoms with Crippen molar-refractivity contribution in [1.29, 1.82) is 0 Å². The van der Waals surface area contributed by atoms with Crippen molar-refractivity contribution in [3.8, 4) is 17.2 Å². The highest BCUT2D eigenvalue weighted by Gasteiger charge is 2.16. The molecule has 0 atom stereocenters. The first-order valence-corrected chi connectivity index (χ1v) is 7.47. The van der Waals surface area contributed by atoms with E-state index in [0.717, 1.165) is 0 Å². The Hall–Kier alpha value is -3.48. The van der Waals surface area contributed by atoms with Crippen LogP contribution in [0.15, 0.2) is 51.7 Å². The van der Waals surface area contributed by atoms with E-state index in [2.05, 4.69) is 5.32 Å². The normalized spacial score (nSPS) is 12.2. The minimum absolute atomic E-state index is 0.0941. The number of amides is 1. The first-order chi connectivity index (χ1) is 12.1. The van der Waals surface area contributed by atoms with Gasteiger partial charge in [0.05, 0.1) is 12.5 Å². The number of methoxy groups -OCH3 is 1. The molecule has 0 unspecified atom stereocenters. The van der Waals surface area contributed by atoms with Crippen LogP contribution in [-0.2, 0) is 0 Å². The molecule has 0 saturated carbocycles. The zero-order chi connectivity index (χ0) is 17.4. The van der Waals surface area contributed by atoms with Crippen LogP contribution in [0.25, 0.3) is 10.8 Å². The summed E-state index contributed by atoms with van der Waals surface area (Å²) < 4.78 is 20.8. The standard InChI is InChI=1S/C18H13NO6/c1-22-12-3-4-13-10(6-12)7-16(25-18(13)21)17(20)19-11-2-5-14-15(8-11)24-9-23-14/h2-8H,9H2,1H3,(H,19,20). The summed E-state index contributed by atoms with van der Waals surface area (Å²) in [5.74, 6) is 1.11. The number of hydrogen-bond acceptors (Lipinski definition) is 6. The zero-order valence-electron chi connectivity index (χ0n) is 13.2. The second kappa shape index (κ2) is 5.86. The molecule has 126 valence electrons. The highest BCUT2D eigenvalue weighted by Crippen LogP contribution is 2.34. The van der Waals surface area contributed by atoms with Crippen molar-refractivity contribution in [3.63, 3.8) is 0 Å². The quantitative estimate of drug-likeness (QED) is 0.789. The van der Waals surface area contributed by atoms with Crippen molar-refractivity contribution >= 4 is 22.4 Å². The molecule has 0 bridgehead atoms. The second-order valence-electron chi connectivity index (χ2n) is 5.37. The number of anilines is 1. The van der Waals surface area contributed by atoms with Crippen molar-refractivity contribution in [1.82, 2.24) is 0 Å². The molecule has 2 aromatic carbocycles. The van der Waals surface area contributed by atoms with E-state index in [9.17, 15) is 9.59 Å². The maximum atomic E-state index is 12.4. The highest BCUT2D eigenvalue weighted by molar-refractivity contribution is 6.04. The third-order valence-electron chi connectivity index (χ3n) is 3.82. The van der Waals surface area contributed by atoms with E-state index < -0.39 is 11.5 Å². The molecule has 0 saturated heterocycles. The van der Waals surface area contributed by atoms with E-state index in [1.807, 2.05) is 0 Å². The Balaban J connectivity index is 1.66. The molecule has 25 heavy (non-hydrogen) atoms. The van der Waals surface area contributed by atoms with Gasteiger partial charge >= 0.3 is 5.63 Å². The Kier molecular flexibility index (Phi) is 3.53. The highest BCUT2D eigenvalue weighted by atomic mass is 16.7. The van der Waals surface area contributed by atoms with Gasteiger partial charge in [-0.3, -0.25) is 4.79 Å². The van der Waals surface area contributed by atoms with Gasteiger partial charge in [-0.1, -0.05) is 0 Å². The fraction of sp³-hybridized carbons (Fsp3) is 0.111. The molecule has 1 aromatic heterocycles. The van der Waals surface area contributed by atoms with Crippen LogP contribution in [0.5, 0.6) is 17.2 Å². The topological polar surface area (TPSA) is 87.0 Å². The summed E-state index contributed by atoms with van der Waals surface area (Å²) in [6.07, 6.45) is 0. The summed E-state index contributed by atoms with van der Waals surface area (Å²) >= 11 is 0. The smallest absolute Gasteiger partial charge is 0.344 e. The summed E-state index contributed by atoms with van der Waals surface area (Å²) in [7, 11) is 1.53. The van der Waals surface area contributed by atoms with Crippen molar-refractivity contribution < 1.29 is 23.4 Å². The lowest BCUT2D eigenvalue weighted by Crippen LogP contribution is -2.15. The fourth-order valence-corrected chi connectivity index (χ4v) is 2.58. The third kappa shape index (κ3) is 2.76. The molecule has 3 aromatic rings. The molecule has 0 radical (unpaired) electrons. The Morgan fingerprint density at radius 2 is 1.92 bits per heavy atom. The van der Waals surface area contributed by atoms with Gasteiger partial charge in [0, 0.05) is 11.8 Å². The number of rotatable bonds is 3. The molecule has 1 amide bonds. The van der Waals surface area contributed by atoms with Crippen molar-refractivity contribution in [2.45, 2.75) is 0 Å². The molecule has 4 rings (SSSR count). The largest absolute Gasteiger partial charge is 0.497 e. The summed E-state index contributed by atoms with van der Waals surface area (Å²) in [6.45, 7) is 0.147. The van der Waals surface area contributed by atoms with E-state index in [-0.39, 0.29) is 12.6 Å². The minimum Gasteiger partial charge on any atom is -0.497 e. The van der Waals surface area contributed by atoms with Crippen LogP contribution in [0.1, 0.15) is 10.6 Å². The SMILES string of the molecule is COc1ccc2c(=O)oc(C(=O)Nc3ccc4c(c3)OCO4)cc2c1. The average molecular weight is 339 g/mol. The summed E-state index contributed by atoms with van der Waals surface area (Å²) in [5.41, 5.74) is -0.0846. The van der Waals surface area contributed by atoms with E-state index >= 15 is 0 Å². The molecular formula is C18H13NO6. The molecule has 7 heteroatoms. The number of nitrogens with one attached hydrogen (secondary N) is 1. The molecule has 7 nitrogen and oxygen atoms in total. The van der Waals surface area contributed by atoms with Gasteiger partial charge in [0.25, 0.3) is 5.91 Å². The zero-order valence-corrected chi connectivity index (χ0v) is 13.2. The summed E-state index contributed by atoms with van der Waals surface area (Å²) in [4.78, 5) is 24.5. The van der Waals surface area contributed by atoms with Crippen LogP contribution in [-0.4, -0.2) is 19.8 Å². The van der Waals surface area contributed by atoms with Gasteiger partial charge in [0.1, 0.15) is 5.75 Å². The van der Waals surface area contributed by atoms with Gasteiger partial charge in [-0.05, 0) is 41.8 Å². The lowest BCUT2D eigenvalue weighted by molar-refractivity contribution is 0.0993. The number of carbonyl (C=O) groups is 1. The predicted molar refractivity (Wildman–Crippen MR) is 89.6 cm³/mol. The lowest BCUT2D eigenvalue weighted by Gasteiger charge is -2.07. The lowest BCUT2D eigenvalue weighted by atomic mass is 10.1. The first-order valence-electron chi connectivity index (χ1n) is 7.47. The molecule has 1 aliphatic heterocycles. The Bertz CT molecular complexity index is 1040. The summed E-state index contributed by atoms with van der Waals surface area (Å²) in [5, 5.41) is 3.61. The van der Waals surface area contributed by atoms with Crippen LogP contribution in [0, 0.1) is 0 Å². The Morgan fingerprint density at radius 3 is 2.76 bits per heavy atom. The minimum atomic E-state index is -0.587. The maximum absolute atomic E-state index is 12.4. The van der Waals surface area contributed by atoms with Crippen molar-refractivity contribution in [2.75, 3.05) is 19.2 Å². The van der Waals surface area contributed by atoms with Gasteiger partial charge in [-0.15, -0.1) is 0 Å². The van der Waals surface area contributed by atoms with E-state index in [1.54, 1.807) is 36.4 Å². The van der Waals surface area contributed by atoms with E-state index in [0.29, 0.717) is 33.7 Å². The van der Waals surface area contributed by atoms with Crippen LogP contribution < -0.4 is 25.2 Å². The van der Waals surface area contributed by atoms with Gasteiger partial charge in [-0.25, -0.2) is 4.79 Å². The number of hydrogen-bond donors (Lipinski definition) is 1. The van der Waals surface area contributed by atoms with Gasteiger partial charge in [0.15, 0.2) is 17.3 Å². The summed E-state index contributed by atoms with van der Waals surface area (Å²) in [6, 6.07) is 11.4. The van der Waals surface area contributed by atoms with Crippen molar-refractivity contribution in [2.24, 2.45) is 0 Å². The molecule has 0 spiro atoms. The second-order valence-corrected chi connectivity index (χ2v) is 5.37. The van der Waals surface area contributed by atoms with Crippen LogP contribution >= 0.6 is 0 Å². The van der Waals surface area contributed by atoms with Crippen molar-refractivity contribution in [3.05, 3.63) is 58.6 Å². The van der Waals surface area contributed by atoms with Gasteiger partial charge in [-0.2, -0.15) is 0 Å². The molecule has 1 N–H and O–H groups in total. The van der Waals surface area contributed by atoms with Crippen LogP contribution in [0.2, 0.25) is 0 Å². The molecule has 0 fully saturated rings. The maximum Gasteiger partial charge on any atom is 0.344 e. The number of carbonyl (C=O) groups excluding carboxylic acids is 1. The fourth-order valence-electron chi connectivity index (χ4n) is 2.58. The number of fused-ring (bicyclic) bond motifs is 2. The third-order valence-corrected chi connectivity index (χ3v) is 3.82. The monoisotopic (exact) mass is 339 g/mol. The Labute approximate surface area is 141 Å². The first kappa shape index (κ1) is 15.1. The molecular weight excluding hydrogens is 326 g/mol. The molecule has 2 heterocycles.